The van der Waals surface area contributed by atoms with E-state index in [0.29, 0.717) is 19.4 Å². The number of carboxylic acid groups (broad SMARTS) is 1. The van der Waals surface area contributed by atoms with Crippen LogP contribution in [0.15, 0.2) is 0 Å². The fourth-order valence-corrected chi connectivity index (χ4v) is 3.02. The summed E-state index contributed by atoms with van der Waals surface area (Å²) >= 11 is 0. The lowest BCUT2D eigenvalue weighted by atomic mass is 9.86. The molecular formula is C16H29NO3. The maximum absolute atomic E-state index is 12.3. The van der Waals surface area contributed by atoms with Crippen molar-refractivity contribution in [1.82, 2.24) is 4.90 Å². The average molecular weight is 283 g/mol. The second kappa shape index (κ2) is 8.98. The Kier molecular flexibility index (Phi) is 7.63. The summed E-state index contributed by atoms with van der Waals surface area (Å²) in [6, 6.07) is 0.155. The normalized spacial score (nSPS) is 16.4. The van der Waals surface area contributed by atoms with Crippen molar-refractivity contribution in [3.05, 3.63) is 0 Å². The van der Waals surface area contributed by atoms with E-state index in [1.807, 2.05) is 18.7 Å². The van der Waals surface area contributed by atoms with Crippen molar-refractivity contribution in [2.24, 2.45) is 5.92 Å². The molecule has 0 unspecified atom stereocenters. The first kappa shape index (κ1) is 17.0. The molecule has 0 saturated heterocycles. The molecule has 1 saturated carbocycles. The van der Waals surface area contributed by atoms with Crippen molar-refractivity contribution in [1.29, 1.82) is 0 Å². The zero-order valence-corrected chi connectivity index (χ0v) is 12.9. The monoisotopic (exact) mass is 283 g/mol. The second-order valence-electron chi connectivity index (χ2n) is 6.22. The smallest absolute Gasteiger partial charge is 0.303 e. The minimum atomic E-state index is -0.789. The lowest BCUT2D eigenvalue weighted by Gasteiger charge is -2.28. The Balaban J connectivity index is 2.32. The predicted molar refractivity (Wildman–Crippen MR) is 79.5 cm³/mol. The van der Waals surface area contributed by atoms with Gasteiger partial charge in [0.1, 0.15) is 0 Å². The van der Waals surface area contributed by atoms with E-state index in [2.05, 4.69) is 0 Å². The van der Waals surface area contributed by atoms with Crippen molar-refractivity contribution >= 4 is 11.9 Å². The van der Waals surface area contributed by atoms with Crippen LogP contribution < -0.4 is 0 Å². The number of nitrogens with zero attached hydrogens (tertiary/aromatic N) is 1. The number of carboxylic acids is 1. The fraction of sp³-hybridized carbons (Fsp3) is 0.875. The lowest BCUT2D eigenvalue weighted by Crippen LogP contribution is -2.38. The van der Waals surface area contributed by atoms with Gasteiger partial charge in [0.2, 0.25) is 5.91 Å². The zero-order chi connectivity index (χ0) is 15.0. The van der Waals surface area contributed by atoms with Crippen molar-refractivity contribution in [2.75, 3.05) is 6.54 Å². The molecule has 1 rings (SSSR count). The molecule has 1 aliphatic carbocycles. The number of aliphatic carboxylic acids is 1. The molecule has 0 bridgehead atoms. The molecule has 0 aromatic heterocycles. The van der Waals surface area contributed by atoms with Gasteiger partial charge in [-0.25, -0.2) is 0 Å². The molecule has 0 heterocycles. The van der Waals surface area contributed by atoms with Crippen molar-refractivity contribution < 1.29 is 14.7 Å². The average Bonchev–Trinajstić information content (AvgIpc) is 2.41. The number of hydrogen-bond acceptors (Lipinski definition) is 2. The van der Waals surface area contributed by atoms with Crippen LogP contribution in [0, 0.1) is 5.92 Å². The third kappa shape index (κ3) is 6.40. The van der Waals surface area contributed by atoms with E-state index in [-0.39, 0.29) is 18.4 Å². The van der Waals surface area contributed by atoms with Crippen LogP contribution in [-0.2, 0) is 9.59 Å². The maximum Gasteiger partial charge on any atom is 0.303 e. The molecule has 0 aromatic carbocycles. The predicted octanol–water partition coefficient (Wildman–Crippen LogP) is 3.45. The minimum absolute atomic E-state index is 0.138. The highest BCUT2D eigenvalue weighted by molar-refractivity contribution is 5.76. The molecule has 4 nitrogen and oxygen atoms in total. The molecule has 116 valence electrons. The molecule has 0 aliphatic heterocycles. The van der Waals surface area contributed by atoms with Gasteiger partial charge in [0.15, 0.2) is 0 Å². The van der Waals surface area contributed by atoms with E-state index in [9.17, 15) is 9.59 Å². The second-order valence-corrected chi connectivity index (χ2v) is 6.22. The van der Waals surface area contributed by atoms with E-state index < -0.39 is 5.97 Å². The van der Waals surface area contributed by atoms with Crippen LogP contribution in [0.2, 0.25) is 0 Å². The maximum atomic E-state index is 12.3. The topological polar surface area (TPSA) is 57.6 Å². The molecule has 1 aliphatic rings. The molecule has 1 N–H and O–H groups in total. The van der Waals surface area contributed by atoms with Crippen LogP contribution in [0.3, 0.4) is 0 Å². The van der Waals surface area contributed by atoms with Crippen LogP contribution in [0.25, 0.3) is 0 Å². The first-order valence-corrected chi connectivity index (χ1v) is 8.02. The Bertz CT molecular complexity index is 309. The molecule has 1 fully saturated rings. The number of carbonyl (C=O) groups is 2. The van der Waals surface area contributed by atoms with Gasteiger partial charge in [-0.3, -0.25) is 9.59 Å². The van der Waals surface area contributed by atoms with Gasteiger partial charge in [0, 0.05) is 25.4 Å². The summed E-state index contributed by atoms with van der Waals surface area (Å²) in [6.45, 7) is 4.56. The van der Waals surface area contributed by atoms with Gasteiger partial charge in [0.25, 0.3) is 0 Å². The summed E-state index contributed by atoms with van der Waals surface area (Å²) in [5.74, 6) is 0.125. The SMILES string of the molecule is CC(C)N(CCCC(=O)O)C(=O)CCC1CCCCC1. The summed E-state index contributed by atoms with van der Waals surface area (Å²) in [6.07, 6.45) is 8.81. The Hall–Kier alpha value is -1.06. The Labute approximate surface area is 122 Å². The Morgan fingerprint density at radius 2 is 1.80 bits per heavy atom. The van der Waals surface area contributed by atoms with E-state index in [0.717, 1.165) is 12.3 Å². The summed E-state index contributed by atoms with van der Waals surface area (Å²) in [7, 11) is 0. The van der Waals surface area contributed by atoms with Gasteiger partial charge in [-0.15, -0.1) is 0 Å². The quantitative estimate of drug-likeness (QED) is 0.742. The fourth-order valence-electron chi connectivity index (χ4n) is 3.02. The van der Waals surface area contributed by atoms with Crippen molar-refractivity contribution in [3.63, 3.8) is 0 Å². The molecule has 0 aromatic rings. The summed E-state index contributed by atoms with van der Waals surface area (Å²) in [4.78, 5) is 24.7. The van der Waals surface area contributed by atoms with Crippen LogP contribution in [0.5, 0.6) is 0 Å². The van der Waals surface area contributed by atoms with Gasteiger partial charge in [-0.1, -0.05) is 32.1 Å². The highest BCUT2D eigenvalue weighted by Gasteiger charge is 2.20. The van der Waals surface area contributed by atoms with Crippen LogP contribution in [0.4, 0.5) is 0 Å². The molecule has 0 atom stereocenters. The molecule has 1 amide bonds. The Morgan fingerprint density at radius 3 is 2.35 bits per heavy atom. The van der Waals surface area contributed by atoms with Gasteiger partial charge in [-0.05, 0) is 32.6 Å². The van der Waals surface area contributed by atoms with E-state index >= 15 is 0 Å². The van der Waals surface area contributed by atoms with Gasteiger partial charge in [0.05, 0.1) is 0 Å². The van der Waals surface area contributed by atoms with E-state index in [1.165, 1.54) is 32.1 Å². The number of carbonyl (C=O) groups excluding carboxylic acids is 1. The zero-order valence-electron chi connectivity index (χ0n) is 12.9. The third-order valence-corrected chi connectivity index (χ3v) is 4.22. The summed E-state index contributed by atoms with van der Waals surface area (Å²) in [5, 5.41) is 8.67. The molecule has 0 spiro atoms. The minimum Gasteiger partial charge on any atom is -0.481 e. The Morgan fingerprint density at radius 1 is 1.15 bits per heavy atom. The largest absolute Gasteiger partial charge is 0.481 e. The highest BCUT2D eigenvalue weighted by Crippen LogP contribution is 2.27. The number of amides is 1. The molecule has 20 heavy (non-hydrogen) atoms. The third-order valence-electron chi connectivity index (χ3n) is 4.22. The first-order chi connectivity index (χ1) is 9.50. The first-order valence-electron chi connectivity index (χ1n) is 8.02. The van der Waals surface area contributed by atoms with Gasteiger partial charge >= 0.3 is 5.97 Å². The molecule has 4 heteroatoms. The number of rotatable bonds is 8. The number of hydrogen-bond donors (Lipinski definition) is 1. The van der Waals surface area contributed by atoms with Crippen LogP contribution >= 0.6 is 0 Å². The van der Waals surface area contributed by atoms with Crippen LogP contribution in [-0.4, -0.2) is 34.5 Å². The van der Waals surface area contributed by atoms with E-state index in [1.54, 1.807) is 0 Å². The molecular weight excluding hydrogens is 254 g/mol. The van der Waals surface area contributed by atoms with Crippen molar-refractivity contribution in [2.45, 2.75) is 77.7 Å². The van der Waals surface area contributed by atoms with E-state index in [4.69, 9.17) is 5.11 Å². The van der Waals surface area contributed by atoms with Gasteiger partial charge < -0.3 is 10.0 Å². The highest BCUT2D eigenvalue weighted by atomic mass is 16.4. The van der Waals surface area contributed by atoms with Crippen molar-refractivity contribution in [3.8, 4) is 0 Å². The van der Waals surface area contributed by atoms with Gasteiger partial charge in [-0.2, -0.15) is 0 Å². The summed E-state index contributed by atoms with van der Waals surface area (Å²) in [5.41, 5.74) is 0. The standard InChI is InChI=1S/C16H29NO3/c1-13(2)17(12-6-9-16(19)20)15(18)11-10-14-7-4-3-5-8-14/h13-14H,3-12H2,1-2H3,(H,19,20). The molecule has 0 radical (unpaired) electrons. The lowest BCUT2D eigenvalue weighted by molar-refractivity contribution is -0.138. The van der Waals surface area contributed by atoms with Crippen LogP contribution in [0.1, 0.15) is 71.6 Å². The summed E-state index contributed by atoms with van der Waals surface area (Å²) < 4.78 is 0.